The molecule has 0 aliphatic heterocycles. The molecule has 0 unspecified atom stereocenters. The van der Waals surface area contributed by atoms with Gasteiger partial charge in [0.15, 0.2) is 5.65 Å². The standard InChI is InChI=1S/C22H22BrN3O2/c1-3-18-25-19-14(2)12-17(23)24-20(19)26(18)13-15-6-8-16(9-7-15)22(21(27)28)10-4-5-11-22/h4-9,12H,3,10-11,13H2,1-2H3,(H,27,28). The Labute approximate surface area is 172 Å². The highest BCUT2D eigenvalue weighted by Gasteiger charge is 2.40. The molecule has 0 saturated carbocycles. The second-order valence-electron chi connectivity index (χ2n) is 7.37. The van der Waals surface area contributed by atoms with Crippen LogP contribution in [0.15, 0.2) is 47.1 Å². The van der Waals surface area contributed by atoms with Crippen molar-refractivity contribution in [2.24, 2.45) is 0 Å². The number of nitrogens with zero attached hydrogens (tertiary/aromatic N) is 3. The predicted molar refractivity (Wildman–Crippen MR) is 113 cm³/mol. The highest BCUT2D eigenvalue weighted by atomic mass is 79.9. The molecule has 1 aliphatic rings. The van der Waals surface area contributed by atoms with Crippen molar-refractivity contribution in [1.82, 2.24) is 14.5 Å². The van der Waals surface area contributed by atoms with Gasteiger partial charge in [-0.3, -0.25) is 4.79 Å². The number of carboxylic acids is 1. The SMILES string of the molecule is CCc1nc2c(C)cc(Br)nc2n1Cc1ccc(C2(C(=O)O)CC=CC2)cc1. The number of imidazole rings is 1. The van der Waals surface area contributed by atoms with Gasteiger partial charge in [-0.25, -0.2) is 9.97 Å². The average Bonchev–Trinajstić information content (AvgIpc) is 3.29. The van der Waals surface area contributed by atoms with Gasteiger partial charge in [0, 0.05) is 6.42 Å². The van der Waals surface area contributed by atoms with E-state index in [1.165, 1.54) is 0 Å². The summed E-state index contributed by atoms with van der Waals surface area (Å²) in [4.78, 5) is 21.3. The van der Waals surface area contributed by atoms with Gasteiger partial charge in [0.05, 0.1) is 12.0 Å². The number of carbonyl (C=O) groups is 1. The van der Waals surface area contributed by atoms with E-state index in [9.17, 15) is 9.90 Å². The lowest BCUT2D eigenvalue weighted by molar-refractivity contribution is -0.143. The molecule has 0 saturated heterocycles. The molecule has 4 rings (SSSR count). The first-order valence-electron chi connectivity index (χ1n) is 9.44. The largest absolute Gasteiger partial charge is 0.481 e. The quantitative estimate of drug-likeness (QED) is 0.458. The van der Waals surface area contributed by atoms with Crippen LogP contribution in [0.2, 0.25) is 0 Å². The molecule has 1 aliphatic carbocycles. The first kappa shape index (κ1) is 18.9. The Hall–Kier alpha value is -2.47. The van der Waals surface area contributed by atoms with Crippen molar-refractivity contribution >= 4 is 33.1 Å². The molecular formula is C22H22BrN3O2. The van der Waals surface area contributed by atoms with E-state index in [2.05, 4.69) is 32.4 Å². The number of halogens is 1. The molecule has 3 aromatic rings. The summed E-state index contributed by atoms with van der Waals surface area (Å²) in [6, 6.07) is 9.93. The number of aryl methyl sites for hydroxylation is 2. The van der Waals surface area contributed by atoms with Crippen molar-refractivity contribution in [3.8, 4) is 0 Å². The number of rotatable bonds is 5. The monoisotopic (exact) mass is 439 g/mol. The van der Waals surface area contributed by atoms with Crippen LogP contribution in [-0.2, 0) is 23.2 Å². The normalized spacial score (nSPS) is 15.4. The molecule has 2 heterocycles. The van der Waals surface area contributed by atoms with Gasteiger partial charge in [0.1, 0.15) is 15.9 Å². The maximum Gasteiger partial charge on any atom is 0.314 e. The Morgan fingerprint density at radius 2 is 1.89 bits per heavy atom. The molecule has 0 bridgehead atoms. The first-order valence-corrected chi connectivity index (χ1v) is 10.2. The Kier molecular flexibility index (Phi) is 4.83. The Morgan fingerprint density at radius 1 is 1.21 bits per heavy atom. The summed E-state index contributed by atoms with van der Waals surface area (Å²) in [5.74, 6) is 0.235. The third-order valence-electron chi connectivity index (χ3n) is 5.61. The van der Waals surface area contributed by atoms with Crippen molar-refractivity contribution < 1.29 is 9.90 Å². The average molecular weight is 440 g/mol. The van der Waals surface area contributed by atoms with Crippen molar-refractivity contribution in [2.45, 2.75) is 45.1 Å². The second-order valence-corrected chi connectivity index (χ2v) is 8.18. The molecule has 0 radical (unpaired) electrons. The van der Waals surface area contributed by atoms with E-state index in [0.29, 0.717) is 19.4 Å². The maximum atomic E-state index is 11.9. The van der Waals surface area contributed by atoms with E-state index in [0.717, 1.165) is 44.7 Å². The van der Waals surface area contributed by atoms with Crippen molar-refractivity contribution in [1.29, 1.82) is 0 Å². The highest BCUT2D eigenvalue weighted by Crippen LogP contribution is 2.37. The number of benzene rings is 1. The number of pyridine rings is 1. The van der Waals surface area contributed by atoms with E-state index in [1.54, 1.807) is 0 Å². The zero-order valence-corrected chi connectivity index (χ0v) is 17.5. The smallest absolute Gasteiger partial charge is 0.314 e. The molecule has 5 nitrogen and oxygen atoms in total. The summed E-state index contributed by atoms with van der Waals surface area (Å²) >= 11 is 3.49. The van der Waals surface area contributed by atoms with Crippen LogP contribution in [0.25, 0.3) is 11.2 Å². The summed E-state index contributed by atoms with van der Waals surface area (Å²) in [6.07, 6.45) is 5.83. The molecule has 0 amide bonds. The summed E-state index contributed by atoms with van der Waals surface area (Å²) in [5.41, 5.74) is 4.03. The fourth-order valence-electron chi connectivity index (χ4n) is 3.98. The summed E-state index contributed by atoms with van der Waals surface area (Å²) in [6.45, 7) is 4.79. The van der Waals surface area contributed by atoms with Crippen LogP contribution in [0.5, 0.6) is 0 Å². The zero-order chi connectivity index (χ0) is 19.9. The lowest BCUT2D eigenvalue weighted by Gasteiger charge is -2.24. The zero-order valence-electron chi connectivity index (χ0n) is 15.9. The molecule has 2 aromatic heterocycles. The fourth-order valence-corrected chi connectivity index (χ4v) is 4.49. The molecule has 1 N–H and O–H groups in total. The minimum Gasteiger partial charge on any atom is -0.481 e. The van der Waals surface area contributed by atoms with Crippen molar-refractivity contribution in [3.05, 3.63) is 69.6 Å². The van der Waals surface area contributed by atoms with Gasteiger partial charge in [0.25, 0.3) is 0 Å². The molecule has 144 valence electrons. The van der Waals surface area contributed by atoms with E-state index >= 15 is 0 Å². The number of aliphatic carboxylic acids is 1. The molecule has 0 spiro atoms. The number of allylic oxidation sites excluding steroid dienone is 2. The van der Waals surface area contributed by atoms with Crippen molar-refractivity contribution in [2.75, 3.05) is 0 Å². The summed E-state index contributed by atoms with van der Waals surface area (Å²) in [5, 5.41) is 9.77. The van der Waals surface area contributed by atoms with Crippen molar-refractivity contribution in [3.63, 3.8) is 0 Å². The van der Waals surface area contributed by atoms with Crippen LogP contribution in [0.4, 0.5) is 0 Å². The number of aromatic nitrogens is 3. The van der Waals surface area contributed by atoms with Gasteiger partial charge in [-0.2, -0.15) is 0 Å². The van der Waals surface area contributed by atoms with Crippen LogP contribution in [0, 0.1) is 6.92 Å². The van der Waals surface area contributed by atoms with E-state index in [-0.39, 0.29) is 0 Å². The Bertz CT molecular complexity index is 1080. The molecule has 1 aromatic carbocycles. The summed E-state index contributed by atoms with van der Waals surface area (Å²) in [7, 11) is 0. The fraction of sp³-hybridized carbons (Fsp3) is 0.318. The van der Waals surface area contributed by atoms with Gasteiger partial charge in [-0.1, -0.05) is 43.3 Å². The Balaban J connectivity index is 1.70. The third-order valence-corrected chi connectivity index (χ3v) is 6.02. The van der Waals surface area contributed by atoms with Gasteiger partial charge in [0.2, 0.25) is 0 Å². The molecule has 0 atom stereocenters. The van der Waals surface area contributed by atoms with E-state index in [4.69, 9.17) is 4.98 Å². The van der Waals surface area contributed by atoms with Crippen LogP contribution >= 0.6 is 15.9 Å². The number of fused-ring (bicyclic) bond motifs is 1. The van der Waals surface area contributed by atoms with E-state index < -0.39 is 11.4 Å². The topological polar surface area (TPSA) is 68.0 Å². The van der Waals surface area contributed by atoms with Crippen LogP contribution in [-0.4, -0.2) is 25.6 Å². The number of hydrogen-bond donors (Lipinski definition) is 1. The highest BCUT2D eigenvalue weighted by molar-refractivity contribution is 9.10. The lowest BCUT2D eigenvalue weighted by Crippen LogP contribution is -2.32. The number of carboxylic acid groups (broad SMARTS) is 1. The van der Waals surface area contributed by atoms with Gasteiger partial charge in [-0.15, -0.1) is 0 Å². The summed E-state index contributed by atoms with van der Waals surface area (Å²) < 4.78 is 2.94. The van der Waals surface area contributed by atoms with Crippen LogP contribution in [0.3, 0.4) is 0 Å². The second kappa shape index (κ2) is 7.17. The molecule has 28 heavy (non-hydrogen) atoms. The predicted octanol–water partition coefficient (Wildman–Crippen LogP) is 4.79. The lowest BCUT2D eigenvalue weighted by atomic mass is 9.78. The van der Waals surface area contributed by atoms with Gasteiger partial charge >= 0.3 is 5.97 Å². The third kappa shape index (κ3) is 3.05. The van der Waals surface area contributed by atoms with Gasteiger partial charge < -0.3 is 9.67 Å². The molecule has 0 fully saturated rings. The minimum atomic E-state index is -0.821. The number of hydrogen-bond acceptors (Lipinski definition) is 3. The molecule has 6 heteroatoms. The Morgan fingerprint density at radius 3 is 2.50 bits per heavy atom. The van der Waals surface area contributed by atoms with Gasteiger partial charge in [-0.05, 0) is 58.5 Å². The first-order chi connectivity index (χ1) is 13.4. The van der Waals surface area contributed by atoms with Crippen LogP contribution < -0.4 is 0 Å². The molecular weight excluding hydrogens is 418 g/mol. The van der Waals surface area contributed by atoms with Crippen LogP contribution in [0.1, 0.15) is 42.3 Å². The minimum absolute atomic E-state index is 0.547. The van der Waals surface area contributed by atoms with E-state index in [1.807, 2.05) is 49.4 Å². The maximum absolute atomic E-state index is 11.9.